The Morgan fingerprint density at radius 2 is 2.19 bits per heavy atom. The van der Waals surface area contributed by atoms with E-state index < -0.39 is 16.3 Å². The number of nitrogens with one attached hydrogen (secondary N) is 1. The maximum Gasteiger partial charge on any atom is 0.421 e. The number of nitrogens with two attached hydrogens (primary N) is 1. The van der Waals surface area contributed by atoms with Crippen molar-refractivity contribution in [1.82, 2.24) is 9.03 Å². The molecule has 0 aromatic carbocycles. The van der Waals surface area contributed by atoms with Gasteiger partial charge in [-0.3, -0.25) is 0 Å². The lowest BCUT2D eigenvalue weighted by Crippen LogP contribution is -2.44. The van der Waals surface area contributed by atoms with E-state index in [0.717, 1.165) is 7.05 Å². The number of amidine groups is 1. The lowest BCUT2D eigenvalue weighted by atomic mass is 10.6. The van der Waals surface area contributed by atoms with Crippen LogP contribution in [0.2, 0.25) is 0 Å². The van der Waals surface area contributed by atoms with E-state index in [2.05, 4.69) is 9.89 Å². The fraction of sp³-hybridized carbons (Fsp3) is 0.667. The van der Waals surface area contributed by atoms with Crippen LogP contribution in [0.25, 0.3) is 0 Å². The minimum atomic E-state index is -4.05. The Balaban J connectivity index is 4.49. The van der Waals surface area contributed by atoms with Crippen molar-refractivity contribution in [3.8, 4) is 0 Å². The molecule has 0 rings (SSSR count). The van der Waals surface area contributed by atoms with E-state index in [4.69, 9.17) is 10.9 Å². The number of amides is 1. The van der Waals surface area contributed by atoms with Gasteiger partial charge in [0, 0.05) is 7.05 Å². The molecule has 10 heteroatoms. The van der Waals surface area contributed by atoms with E-state index in [1.807, 2.05) is 0 Å². The van der Waals surface area contributed by atoms with Crippen LogP contribution in [-0.2, 0) is 14.9 Å². The third-order valence-corrected chi connectivity index (χ3v) is 2.79. The van der Waals surface area contributed by atoms with Crippen molar-refractivity contribution >= 4 is 22.1 Å². The molecule has 0 aliphatic carbocycles. The van der Waals surface area contributed by atoms with Crippen LogP contribution in [0.4, 0.5) is 4.79 Å². The molecule has 0 saturated heterocycles. The zero-order chi connectivity index (χ0) is 12.8. The van der Waals surface area contributed by atoms with Crippen molar-refractivity contribution in [2.75, 3.05) is 20.2 Å². The van der Waals surface area contributed by atoms with Crippen LogP contribution in [0.1, 0.15) is 6.92 Å². The number of likely N-dealkylation sites (N-methyl/N-ethyl adjacent to an activating group) is 1. The Hall–Kier alpha value is -1.55. The first-order valence-electron chi connectivity index (χ1n) is 4.20. The first kappa shape index (κ1) is 14.5. The van der Waals surface area contributed by atoms with Gasteiger partial charge in [-0.25, -0.2) is 9.52 Å². The highest BCUT2D eigenvalue weighted by Gasteiger charge is 2.21. The van der Waals surface area contributed by atoms with Crippen LogP contribution >= 0.6 is 0 Å². The summed E-state index contributed by atoms with van der Waals surface area (Å²) in [7, 11) is -2.90. The van der Waals surface area contributed by atoms with Crippen molar-refractivity contribution in [2.24, 2.45) is 10.9 Å². The normalized spacial score (nSPS) is 12.6. The van der Waals surface area contributed by atoms with Crippen LogP contribution in [0.3, 0.4) is 0 Å². The quantitative estimate of drug-likeness (QED) is 0.240. The van der Waals surface area contributed by atoms with E-state index in [9.17, 15) is 13.2 Å². The molecule has 0 spiro atoms. The summed E-state index contributed by atoms with van der Waals surface area (Å²) in [6.07, 6.45) is -1.09. The molecule has 0 saturated carbocycles. The summed E-state index contributed by atoms with van der Waals surface area (Å²) in [5, 5.41) is 10.8. The van der Waals surface area contributed by atoms with Crippen molar-refractivity contribution in [1.29, 1.82) is 0 Å². The fourth-order valence-electron chi connectivity index (χ4n) is 0.689. The number of ether oxygens (including phenoxy) is 1. The Kier molecular flexibility index (Phi) is 5.53. The molecule has 0 radical (unpaired) electrons. The smallest absolute Gasteiger partial charge is 0.421 e. The minimum Gasteiger partial charge on any atom is -0.449 e. The van der Waals surface area contributed by atoms with E-state index >= 15 is 0 Å². The van der Waals surface area contributed by atoms with Gasteiger partial charge in [0.25, 0.3) is 0 Å². The van der Waals surface area contributed by atoms with Gasteiger partial charge in [0.05, 0.1) is 13.2 Å². The van der Waals surface area contributed by atoms with Crippen molar-refractivity contribution < 1.29 is 23.2 Å². The van der Waals surface area contributed by atoms with Crippen LogP contribution in [0.15, 0.2) is 5.16 Å². The summed E-state index contributed by atoms with van der Waals surface area (Å²) in [5.41, 5.74) is 5.11. The monoisotopic (exact) mass is 254 g/mol. The molecule has 0 heterocycles. The number of rotatable bonds is 5. The summed E-state index contributed by atoms with van der Waals surface area (Å²) in [4.78, 5) is 10.9. The van der Waals surface area contributed by atoms with Gasteiger partial charge in [0.15, 0.2) is 5.84 Å². The van der Waals surface area contributed by atoms with Gasteiger partial charge < -0.3 is 15.7 Å². The number of nitrogens with zero attached hydrogens (tertiary/aromatic N) is 2. The highest BCUT2D eigenvalue weighted by atomic mass is 32.2. The fourth-order valence-corrected chi connectivity index (χ4v) is 1.42. The van der Waals surface area contributed by atoms with Gasteiger partial charge in [-0.05, 0) is 6.92 Å². The molecule has 0 atom stereocenters. The predicted octanol–water partition coefficient (Wildman–Crippen LogP) is -1.34. The molecule has 0 fully saturated rings. The molecule has 0 aromatic rings. The van der Waals surface area contributed by atoms with Crippen molar-refractivity contribution in [2.45, 2.75) is 6.92 Å². The molecule has 0 aliphatic rings. The van der Waals surface area contributed by atoms with E-state index in [1.54, 1.807) is 4.72 Å². The lowest BCUT2D eigenvalue weighted by molar-refractivity contribution is 0.158. The predicted molar refractivity (Wildman–Crippen MR) is 55.1 cm³/mol. The zero-order valence-electron chi connectivity index (χ0n) is 8.87. The van der Waals surface area contributed by atoms with Crippen molar-refractivity contribution in [3.63, 3.8) is 0 Å². The largest absolute Gasteiger partial charge is 0.449 e. The highest BCUT2D eigenvalue weighted by Crippen LogP contribution is 1.94. The number of hydrogen-bond donors (Lipinski definition) is 3. The highest BCUT2D eigenvalue weighted by molar-refractivity contribution is 7.87. The molecule has 94 valence electrons. The second-order valence-electron chi connectivity index (χ2n) is 2.67. The summed E-state index contributed by atoms with van der Waals surface area (Å²) >= 11 is 0. The first-order chi connectivity index (χ1) is 7.33. The molecule has 0 aliphatic heterocycles. The maximum absolute atomic E-state index is 11.4. The molecule has 4 N–H and O–H groups in total. The SMILES string of the molecule is CCOC(=O)NS(=O)(=O)N(C)CC(N)=NO. The van der Waals surface area contributed by atoms with Gasteiger partial charge in [-0.1, -0.05) is 5.16 Å². The molecule has 9 nitrogen and oxygen atoms in total. The zero-order valence-corrected chi connectivity index (χ0v) is 9.69. The lowest BCUT2D eigenvalue weighted by Gasteiger charge is -2.16. The summed E-state index contributed by atoms with van der Waals surface area (Å²) < 4.78 is 29.5. The average molecular weight is 254 g/mol. The van der Waals surface area contributed by atoms with Crippen LogP contribution in [0, 0.1) is 0 Å². The minimum absolute atomic E-state index is 0.0469. The number of carbonyl (C=O) groups excluding carboxylic acids is 1. The third kappa shape index (κ3) is 4.79. The summed E-state index contributed by atoms with van der Waals surface area (Å²) in [6, 6.07) is 0. The topological polar surface area (TPSA) is 134 Å². The van der Waals surface area contributed by atoms with Crippen LogP contribution in [0.5, 0.6) is 0 Å². The van der Waals surface area contributed by atoms with Crippen LogP contribution < -0.4 is 10.5 Å². The van der Waals surface area contributed by atoms with Gasteiger partial charge in [0.1, 0.15) is 0 Å². The van der Waals surface area contributed by atoms with Crippen LogP contribution in [-0.4, -0.2) is 50.1 Å². The molecule has 0 aromatic heterocycles. The standard InChI is InChI=1S/C6H14N4O5S/c1-3-15-6(11)9-16(13,14)10(2)4-5(7)8-12/h12H,3-4H2,1-2H3,(H2,7,8)(H,9,11). The van der Waals surface area contributed by atoms with Gasteiger partial charge in [0.2, 0.25) is 0 Å². The Morgan fingerprint density at radius 3 is 2.62 bits per heavy atom. The van der Waals surface area contributed by atoms with E-state index in [-0.39, 0.29) is 19.0 Å². The molecular formula is C6H14N4O5S. The molecular weight excluding hydrogens is 240 g/mol. The Bertz CT molecular complexity index is 365. The summed E-state index contributed by atoms with van der Waals surface area (Å²) in [6.45, 7) is 1.23. The van der Waals surface area contributed by atoms with Gasteiger partial charge >= 0.3 is 16.3 Å². The van der Waals surface area contributed by atoms with Gasteiger partial charge in [-0.2, -0.15) is 12.7 Å². The average Bonchev–Trinajstić information content (AvgIpc) is 2.16. The molecule has 16 heavy (non-hydrogen) atoms. The Labute approximate surface area is 93.0 Å². The number of hydrogen-bond acceptors (Lipinski definition) is 6. The number of oxime groups is 1. The first-order valence-corrected chi connectivity index (χ1v) is 5.64. The summed E-state index contributed by atoms with van der Waals surface area (Å²) in [5.74, 6) is -0.309. The van der Waals surface area contributed by atoms with E-state index in [0.29, 0.717) is 4.31 Å². The maximum atomic E-state index is 11.4. The third-order valence-electron chi connectivity index (χ3n) is 1.41. The van der Waals surface area contributed by atoms with Gasteiger partial charge in [-0.15, -0.1) is 0 Å². The second-order valence-corrected chi connectivity index (χ2v) is 4.45. The second kappa shape index (κ2) is 6.12. The number of carbonyl (C=O) groups is 1. The van der Waals surface area contributed by atoms with E-state index in [1.165, 1.54) is 6.92 Å². The van der Waals surface area contributed by atoms with Crippen molar-refractivity contribution in [3.05, 3.63) is 0 Å². The molecule has 0 unspecified atom stereocenters. The molecule has 1 amide bonds. The molecule has 0 bridgehead atoms. The Morgan fingerprint density at radius 1 is 1.62 bits per heavy atom.